The Kier molecular flexibility index (Phi) is 8.28. The summed E-state index contributed by atoms with van der Waals surface area (Å²) in [4.78, 5) is 25.0. The van der Waals surface area contributed by atoms with Gasteiger partial charge in [0.2, 0.25) is 0 Å². The van der Waals surface area contributed by atoms with Gasteiger partial charge < -0.3 is 10.4 Å². The van der Waals surface area contributed by atoms with E-state index < -0.39 is 17.1 Å². The fourth-order valence-electron chi connectivity index (χ4n) is 4.20. The quantitative estimate of drug-likeness (QED) is 0.538. The minimum Gasteiger partial charge on any atom is -0.503 e. The van der Waals surface area contributed by atoms with Crippen molar-refractivity contribution in [1.29, 1.82) is 0 Å². The van der Waals surface area contributed by atoms with Crippen LogP contribution in [0, 0.1) is 0 Å². The molecular weight excluding hydrogens is 426 g/mol. The zero-order chi connectivity index (χ0) is 23.0. The number of amides is 1. The van der Waals surface area contributed by atoms with Crippen LogP contribution in [-0.4, -0.2) is 27.3 Å². The van der Waals surface area contributed by atoms with E-state index in [2.05, 4.69) is 29.5 Å². The van der Waals surface area contributed by atoms with Gasteiger partial charge in [-0.15, -0.1) is 0 Å². The largest absolute Gasteiger partial charge is 0.503 e. The monoisotopic (exact) mass is 455 g/mol. The first-order valence-corrected chi connectivity index (χ1v) is 11.5. The molecule has 0 aliphatic heterocycles. The predicted molar refractivity (Wildman–Crippen MR) is 127 cm³/mol. The summed E-state index contributed by atoms with van der Waals surface area (Å²) in [7, 11) is 0. The second-order valence-electron chi connectivity index (χ2n) is 8.23. The highest BCUT2D eigenvalue weighted by Gasteiger charge is 2.36. The molecular formula is C25H30ClN3O3. The number of allylic oxidation sites excluding steroid dienone is 3. The normalized spacial score (nSPS) is 15.9. The molecule has 0 atom stereocenters. The van der Waals surface area contributed by atoms with Crippen molar-refractivity contribution in [2.45, 2.75) is 57.4 Å². The fourth-order valence-corrected chi connectivity index (χ4v) is 4.40. The third-order valence-corrected chi connectivity index (χ3v) is 6.14. The minimum absolute atomic E-state index is 0.131. The van der Waals surface area contributed by atoms with Gasteiger partial charge in [0.1, 0.15) is 0 Å². The number of halogens is 1. The third-order valence-electron chi connectivity index (χ3n) is 5.86. The first kappa shape index (κ1) is 23.8. The molecule has 6 nitrogen and oxygen atoms in total. The van der Waals surface area contributed by atoms with Gasteiger partial charge in [-0.25, -0.2) is 0 Å². The number of unbranched alkanes of at least 4 members (excludes halogenated alkanes) is 1. The molecule has 1 fully saturated rings. The Labute approximate surface area is 193 Å². The molecule has 3 rings (SSSR count). The van der Waals surface area contributed by atoms with Gasteiger partial charge in [-0.05, 0) is 30.9 Å². The molecule has 0 unspecified atom stereocenters. The van der Waals surface area contributed by atoms with E-state index in [1.165, 1.54) is 16.4 Å². The van der Waals surface area contributed by atoms with Gasteiger partial charge in [-0.1, -0.05) is 80.3 Å². The predicted octanol–water partition coefficient (Wildman–Crippen LogP) is 4.67. The number of hydrogen-bond donors (Lipinski definition) is 2. The summed E-state index contributed by atoms with van der Waals surface area (Å²) in [5.74, 6) is -1.11. The molecule has 2 N–H and O–H groups in total. The molecule has 1 aliphatic carbocycles. The lowest BCUT2D eigenvalue weighted by Crippen LogP contribution is -2.34. The Balaban J connectivity index is 1.76. The first-order chi connectivity index (χ1) is 15.4. The van der Waals surface area contributed by atoms with Crippen molar-refractivity contribution < 1.29 is 9.90 Å². The first-order valence-electron chi connectivity index (χ1n) is 11.1. The number of aromatic hydroxyl groups is 1. The Morgan fingerprint density at radius 3 is 2.69 bits per heavy atom. The van der Waals surface area contributed by atoms with Gasteiger partial charge in [0.05, 0.1) is 12.7 Å². The van der Waals surface area contributed by atoms with Crippen LogP contribution >= 0.6 is 11.6 Å². The van der Waals surface area contributed by atoms with E-state index in [-0.39, 0.29) is 17.7 Å². The lowest BCUT2D eigenvalue weighted by Gasteiger charge is -2.30. The molecule has 170 valence electrons. The number of hydrogen-bond acceptors (Lipinski definition) is 4. The van der Waals surface area contributed by atoms with Crippen LogP contribution in [0.3, 0.4) is 0 Å². The zero-order valence-corrected chi connectivity index (χ0v) is 19.1. The van der Waals surface area contributed by atoms with Crippen molar-refractivity contribution in [3.63, 3.8) is 0 Å². The molecule has 32 heavy (non-hydrogen) atoms. The fraction of sp³-hybridized carbons (Fsp3) is 0.400. The van der Waals surface area contributed by atoms with Crippen molar-refractivity contribution >= 4 is 17.5 Å². The van der Waals surface area contributed by atoms with Gasteiger partial charge in [-0.2, -0.15) is 5.10 Å². The lowest BCUT2D eigenvalue weighted by molar-refractivity contribution is 0.0948. The van der Waals surface area contributed by atoms with Crippen LogP contribution in [0.25, 0.3) is 0 Å². The summed E-state index contributed by atoms with van der Waals surface area (Å²) in [6, 6.07) is 10.2. The summed E-state index contributed by atoms with van der Waals surface area (Å²) >= 11 is 6.07. The van der Waals surface area contributed by atoms with E-state index in [0.717, 1.165) is 38.5 Å². The number of carbonyl (C=O) groups is 1. The molecule has 1 aliphatic rings. The lowest BCUT2D eigenvalue weighted by atomic mass is 9.79. The van der Waals surface area contributed by atoms with E-state index >= 15 is 0 Å². The molecule has 0 bridgehead atoms. The Morgan fingerprint density at radius 2 is 2.00 bits per heavy atom. The molecule has 7 heteroatoms. The molecule has 1 amide bonds. The summed E-state index contributed by atoms with van der Waals surface area (Å²) in [6.45, 7) is 2.75. The molecule has 2 aromatic rings. The topological polar surface area (TPSA) is 84.2 Å². The van der Waals surface area contributed by atoms with E-state index in [0.29, 0.717) is 11.6 Å². The van der Waals surface area contributed by atoms with Gasteiger partial charge in [0.25, 0.3) is 11.3 Å². The summed E-state index contributed by atoms with van der Waals surface area (Å²) in [6.07, 6.45) is 12.7. The van der Waals surface area contributed by atoms with Crippen molar-refractivity contribution in [3.05, 3.63) is 81.3 Å². The zero-order valence-electron chi connectivity index (χ0n) is 18.4. The van der Waals surface area contributed by atoms with E-state index in [9.17, 15) is 14.7 Å². The highest BCUT2D eigenvalue weighted by atomic mass is 35.5. The Morgan fingerprint density at radius 1 is 1.28 bits per heavy atom. The van der Waals surface area contributed by atoms with Crippen molar-refractivity contribution in [1.82, 2.24) is 15.1 Å². The third kappa shape index (κ3) is 5.88. The van der Waals surface area contributed by atoms with Gasteiger partial charge in [-0.3, -0.25) is 14.3 Å². The number of benzene rings is 1. The van der Waals surface area contributed by atoms with Crippen LogP contribution in [-0.2, 0) is 12.0 Å². The average molecular weight is 456 g/mol. The number of aromatic nitrogens is 2. The molecule has 0 spiro atoms. The molecule has 1 saturated carbocycles. The van der Waals surface area contributed by atoms with Crippen LogP contribution in [0.5, 0.6) is 5.75 Å². The number of nitrogens with zero attached hydrogens (tertiary/aromatic N) is 2. The van der Waals surface area contributed by atoms with Crippen LogP contribution in [0.2, 0.25) is 0 Å². The maximum absolute atomic E-state index is 12.6. The van der Waals surface area contributed by atoms with E-state index in [1.54, 1.807) is 12.2 Å². The summed E-state index contributed by atoms with van der Waals surface area (Å²) in [5.41, 5.74) is -0.00830. The van der Waals surface area contributed by atoms with Crippen molar-refractivity contribution in [3.8, 4) is 5.75 Å². The average Bonchev–Trinajstić information content (AvgIpc) is 3.27. The SMILES string of the molecule is CCC/C=C(Cl)\C=C/CNC(=O)c1nn(CC2(c3ccccc3)CCCC2)cc(O)c1=O. The van der Waals surface area contributed by atoms with Crippen LogP contribution in [0.4, 0.5) is 0 Å². The maximum Gasteiger partial charge on any atom is 0.276 e. The molecule has 0 saturated heterocycles. The molecule has 0 radical (unpaired) electrons. The number of rotatable bonds is 9. The van der Waals surface area contributed by atoms with Gasteiger partial charge in [0, 0.05) is 17.0 Å². The Bertz CT molecular complexity index is 1040. The number of carbonyl (C=O) groups excluding carboxylic acids is 1. The minimum atomic E-state index is -0.774. The number of nitrogens with one attached hydrogen (secondary N) is 1. The van der Waals surface area contributed by atoms with Crippen molar-refractivity contribution in [2.75, 3.05) is 6.54 Å². The van der Waals surface area contributed by atoms with Crippen LogP contribution in [0.15, 0.2) is 64.6 Å². The van der Waals surface area contributed by atoms with E-state index in [4.69, 9.17) is 11.6 Å². The molecule has 1 heterocycles. The second-order valence-corrected chi connectivity index (χ2v) is 8.67. The highest BCUT2D eigenvalue weighted by Crippen LogP contribution is 2.42. The van der Waals surface area contributed by atoms with Crippen LogP contribution in [0.1, 0.15) is 61.5 Å². The Hall–Kier alpha value is -2.86. The standard InChI is InChI=1S/C25H30ClN3O3/c1-2-3-12-20(26)13-9-16-27-24(32)22-23(31)21(30)17-29(28-22)18-25(14-7-8-15-25)19-10-5-4-6-11-19/h4-6,9-13,17,30H,2-3,7-8,14-16,18H2,1H3,(H,27,32)/b13-9-,20-12+. The summed E-state index contributed by atoms with van der Waals surface area (Å²) < 4.78 is 1.53. The smallest absolute Gasteiger partial charge is 0.276 e. The van der Waals surface area contributed by atoms with Crippen molar-refractivity contribution in [2.24, 2.45) is 0 Å². The van der Waals surface area contributed by atoms with Gasteiger partial charge >= 0.3 is 0 Å². The maximum atomic E-state index is 12.6. The molecule has 1 aromatic carbocycles. The van der Waals surface area contributed by atoms with Gasteiger partial charge in [0.15, 0.2) is 11.4 Å². The molecule has 1 aromatic heterocycles. The van der Waals surface area contributed by atoms with E-state index in [1.807, 2.05) is 24.3 Å². The summed E-state index contributed by atoms with van der Waals surface area (Å²) in [5, 5.41) is 17.7. The second kappa shape index (κ2) is 11.1. The highest BCUT2D eigenvalue weighted by molar-refractivity contribution is 6.31. The van der Waals surface area contributed by atoms with Crippen LogP contribution < -0.4 is 10.7 Å².